The fourth-order valence-corrected chi connectivity index (χ4v) is 2.62. The molecule has 0 saturated heterocycles. The number of hydrogen-bond acceptors (Lipinski definition) is 2. The maximum Gasteiger partial charge on any atom is 0.274 e. The van der Waals surface area contributed by atoms with Crippen LogP contribution >= 0.6 is 11.6 Å². The molecule has 1 aromatic rings. The van der Waals surface area contributed by atoms with Crippen LogP contribution in [0.5, 0.6) is 0 Å². The zero-order chi connectivity index (χ0) is 12.3. The van der Waals surface area contributed by atoms with Gasteiger partial charge in [-0.1, -0.05) is 12.8 Å². The Morgan fingerprint density at radius 2 is 2.29 bits per heavy atom. The molecule has 0 aromatic carbocycles. The summed E-state index contributed by atoms with van der Waals surface area (Å²) in [4.78, 5) is 14.2. The van der Waals surface area contributed by atoms with Gasteiger partial charge in [0.05, 0.1) is 0 Å². The van der Waals surface area contributed by atoms with E-state index in [1.54, 1.807) is 16.9 Å². The fourth-order valence-electron chi connectivity index (χ4n) is 2.43. The highest BCUT2D eigenvalue weighted by Crippen LogP contribution is 2.24. The van der Waals surface area contributed by atoms with Gasteiger partial charge >= 0.3 is 0 Å². The third-order valence-corrected chi connectivity index (χ3v) is 3.45. The van der Waals surface area contributed by atoms with E-state index < -0.39 is 0 Å². The summed E-state index contributed by atoms with van der Waals surface area (Å²) in [7, 11) is 1.82. The minimum Gasteiger partial charge on any atom is -0.333 e. The molecule has 0 bridgehead atoms. The van der Waals surface area contributed by atoms with E-state index in [0.717, 1.165) is 12.8 Å². The molecule has 0 N–H and O–H groups in total. The van der Waals surface area contributed by atoms with Crippen molar-refractivity contribution in [2.24, 2.45) is 7.05 Å². The van der Waals surface area contributed by atoms with Gasteiger partial charge in [-0.3, -0.25) is 9.48 Å². The molecule has 1 aliphatic carbocycles. The molecule has 1 aromatic heterocycles. The van der Waals surface area contributed by atoms with Gasteiger partial charge in [-0.05, 0) is 18.9 Å². The minimum absolute atomic E-state index is 0.0122. The second kappa shape index (κ2) is 5.54. The molecule has 1 saturated carbocycles. The maximum atomic E-state index is 12.3. The molecule has 1 fully saturated rings. The number of aryl methyl sites for hydroxylation is 1. The van der Waals surface area contributed by atoms with Gasteiger partial charge in [0.25, 0.3) is 5.91 Å². The van der Waals surface area contributed by atoms with Gasteiger partial charge in [0.1, 0.15) is 5.69 Å². The summed E-state index contributed by atoms with van der Waals surface area (Å²) in [5.41, 5.74) is 0.518. The Balaban J connectivity index is 2.12. The summed E-state index contributed by atoms with van der Waals surface area (Å²) in [6, 6.07) is 2.11. The summed E-state index contributed by atoms with van der Waals surface area (Å²) in [6.07, 6.45) is 6.39. The lowest BCUT2D eigenvalue weighted by Gasteiger charge is -2.27. The Kier molecular flexibility index (Phi) is 4.05. The van der Waals surface area contributed by atoms with Gasteiger partial charge in [0.15, 0.2) is 0 Å². The third kappa shape index (κ3) is 2.80. The molecule has 4 nitrogen and oxygen atoms in total. The molecule has 5 heteroatoms. The van der Waals surface area contributed by atoms with E-state index in [4.69, 9.17) is 11.6 Å². The van der Waals surface area contributed by atoms with E-state index in [9.17, 15) is 4.79 Å². The van der Waals surface area contributed by atoms with Gasteiger partial charge < -0.3 is 4.90 Å². The topological polar surface area (TPSA) is 38.1 Å². The highest BCUT2D eigenvalue weighted by atomic mass is 35.5. The number of carbonyl (C=O) groups is 1. The normalized spacial score (nSPS) is 16.4. The highest BCUT2D eigenvalue weighted by Gasteiger charge is 2.27. The lowest BCUT2D eigenvalue weighted by Crippen LogP contribution is -2.40. The van der Waals surface area contributed by atoms with E-state index >= 15 is 0 Å². The van der Waals surface area contributed by atoms with Crippen molar-refractivity contribution < 1.29 is 4.79 Å². The Labute approximate surface area is 107 Å². The molecule has 1 heterocycles. The third-order valence-electron chi connectivity index (χ3n) is 3.28. The summed E-state index contributed by atoms with van der Waals surface area (Å²) >= 11 is 5.79. The quantitative estimate of drug-likeness (QED) is 0.773. The van der Waals surface area contributed by atoms with Crippen molar-refractivity contribution in [2.75, 3.05) is 12.4 Å². The van der Waals surface area contributed by atoms with E-state index in [2.05, 4.69) is 5.10 Å². The molecule has 1 aliphatic rings. The van der Waals surface area contributed by atoms with Crippen LogP contribution in [-0.4, -0.2) is 39.1 Å². The predicted molar refractivity (Wildman–Crippen MR) is 67.2 cm³/mol. The number of amides is 1. The molecule has 0 aliphatic heterocycles. The van der Waals surface area contributed by atoms with Crippen LogP contribution in [0.3, 0.4) is 0 Å². The van der Waals surface area contributed by atoms with Gasteiger partial charge in [0, 0.05) is 31.7 Å². The highest BCUT2D eigenvalue weighted by molar-refractivity contribution is 6.18. The molecule has 17 heavy (non-hydrogen) atoms. The number of carbonyl (C=O) groups excluding carboxylic acids is 1. The summed E-state index contributed by atoms with van der Waals surface area (Å²) in [5.74, 6) is 0.493. The second-order valence-electron chi connectivity index (χ2n) is 4.50. The van der Waals surface area contributed by atoms with E-state index in [1.165, 1.54) is 12.8 Å². The fraction of sp³-hybridized carbons (Fsp3) is 0.667. The summed E-state index contributed by atoms with van der Waals surface area (Å²) in [5, 5.41) is 4.17. The molecule has 94 valence electrons. The SMILES string of the molecule is Cn1ccc(C(=O)N(CCCl)C2CCCC2)n1. The van der Waals surface area contributed by atoms with Crippen molar-refractivity contribution in [1.82, 2.24) is 14.7 Å². The maximum absolute atomic E-state index is 12.3. The van der Waals surface area contributed by atoms with Crippen molar-refractivity contribution in [2.45, 2.75) is 31.7 Å². The van der Waals surface area contributed by atoms with Crippen molar-refractivity contribution in [3.8, 4) is 0 Å². The van der Waals surface area contributed by atoms with Crippen molar-refractivity contribution >= 4 is 17.5 Å². The molecule has 1 amide bonds. The van der Waals surface area contributed by atoms with Crippen LogP contribution in [0.1, 0.15) is 36.2 Å². The number of nitrogens with zero attached hydrogens (tertiary/aromatic N) is 3. The first kappa shape index (κ1) is 12.4. The van der Waals surface area contributed by atoms with Gasteiger partial charge in [-0.2, -0.15) is 5.10 Å². The molecular weight excluding hydrogens is 238 g/mol. The van der Waals surface area contributed by atoms with Crippen molar-refractivity contribution in [3.63, 3.8) is 0 Å². The Hall–Kier alpha value is -1.03. The van der Waals surface area contributed by atoms with Crippen LogP contribution in [0.25, 0.3) is 0 Å². The first-order valence-corrected chi connectivity index (χ1v) is 6.62. The molecule has 0 radical (unpaired) electrons. The Bertz CT molecular complexity index is 385. The van der Waals surface area contributed by atoms with Crippen molar-refractivity contribution in [1.29, 1.82) is 0 Å². The van der Waals surface area contributed by atoms with Crippen LogP contribution in [0.2, 0.25) is 0 Å². The van der Waals surface area contributed by atoms with Gasteiger partial charge in [-0.15, -0.1) is 11.6 Å². The van der Waals surface area contributed by atoms with E-state index in [-0.39, 0.29) is 5.91 Å². The lowest BCUT2D eigenvalue weighted by atomic mass is 10.2. The van der Waals surface area contributed by atoms with Crippen molar-refractivity contribution in [3.05, 3.63) is 18.0 Å². The largest absolute Gasteiger partial charge is 0.333 e. The molecular formula is C12H18ClN3O. The van der Waals surface area contributed by atoms with Gasteiger partial charge in [0.2, 0.25) is 0 Å². The lowest BCUT2D eigenvalue weighted by molar-refractivity contribution is 0.0688. The minimum atomic E-state index is 0.0122. The molecule has 0 unspecified atom stereocenters. The second-order valence-corrected chi connectivity index (χ2v) is 4.88. The molecule has 0 atom stereocenters. The number of halogens is 1. The average Bonchev–Trinajstić information content (AvgIpc) is 2.95. The van der Waals surface area contributed by atoms with E-state index in [1.807, 2.05) is 11.9 Å². The Morgan fingerprint density at radius 1 is 1.59 bits per heavy atom. The number of rotatable bonds is 4. The summed E-state index contributed by atoms with van der Waals surface area (Å²) < 4.78 is 1.65. The average molecular weight is 256 g/mol. The number of aromatic nitrogens is 2. The molecule has 0 spiro atoms. The zero-order valence-corrected chi connectivity index (χ0v) is 10.9. The molecule has 2 rings (SSSR count). The smallest absolute Gasteiger partial charge is 0.274 e. The predicted octanol–water partition coefficient (Wildman–Crippen LogP) is 2.04. The first-order chi connectivity index (χ1) is 8.22. The standard InChI is InChI=1S/C12H18ClN3O/c1-15-8-6-11(14-15)12(17)16(9-7-13)10-4-2-3-5-10/h6,8,10H,2-5,7,9H2,1H3. The monoisotopic (exact) mass is 255 g/mol. The Morgan fingerprint density at radius 3 is 2.82 bits per heavy atom. The summed E-state index contributed by atoms with van der Waals surface area (Å²) in [6.45, 7) is 0.613. The van der Waals surface area contributed by atoms with Crippen LogP contribution in [0.4, 0.5) is 0 Å². The number of alkyl halides is 1. The van der Waals surface area contributed by atoms with E-state index in [0.29, 0.717) is 24.2 Å². The van der Waals surface area contributed by atoms with Crippen LogP contribution in [-0.2, 0) is 7.05 Å². The van der Waals surface area contributed by atoms with Crippen LogP contribution in [0, 0.1) is 0 Å². The van der Waals surface area contributed by atoms with Gasteiger partial charge in [-0.25, -0.2) is 0 Å². The first-order valence-electron chi connectivity index (χ1n) is 6.09. The van der Waals surface area contributed by atoms with Crippen LogP contribution < -0.4 is 0 Å². The number of hydrogen-bond donors (Lipinski definition) is 0. The zero-order valence-electron chi connectivity index (χ0n) is 10.1. The van der Waals surface area contributed by atoms with Crippen LogP contribution in [0.15, 0.2) is 12.3 Å².